The average Bonchev–Trinajstić information content (AvgIpc) is 3.69. The Labute approximate surface area is 352 Å². The average molecular weight is 840 g/mol. The van der Waals surface area contributed by atoms with Crippen LogP contribution >= 0.6 is 22.7 Å². The van der Waals surface area contributed by atoms with Gasteiger partial charge in [0.15, 0.2) is 0 Å². The molecule has 2 fully saturated rings. The Balaban J connectivity index is 1.25. The minimum absolute atomic E-state index is 0.0277. The Morgan fingerprint density at radius 2 is 2.00 bits per heavy atom. The zero-order valence-electron chi connectivity index (χ0n) is 34.7. The van der Waals surface area contributed by atoms with E-state index in [0.717, 1.165) is 50.4 Å². The zero-order chi connectivity index (χ0) is 41.6. The molecule has 0 unspecified atom stereocenters. The molecule has 2 N–H and O–H groups in total. The van der Waals surface area contributed by atoms with E-state index in [2.05, 4.69) is 65.3 Å². The number of hydrogen-bond donors (Lipinski definition) is 2. The van der Waals surface area contributed by atoms with E-state index in [-0.39, 0.29) is 43.0 Å². The summed E-state index contributed by atoms with van der Waals surface area (Å²) in [6, 6.07) is 8.61. The number of aryl methyl sites for hydroxylation is 1. The number of ether oxygens (including phenoxy) is 3. The van der Waals surface area contributed by atoms with Crippen molar-refractivity contribution in [2.45, 2.75) is 97.6 Å². The van der Waals surface area contributed by atoms with Gasteiger partial charge in [0.05, 0.1) is 41.0 Å². The number of nitrogens with zero attached hydrogens (tertiary/aromatic N) is 5. The summed E-state index contributed by atoms with van der Waals surface area (Å²) in [6.45, 7) is 13.8. The van der Waals surface area contributed by atoms with Crippen molar-refractivity contribution in [1.29, 1.82) is 0 Å². The van der Waals surface area contributed by atoms with E-state index in [9.17, 15) is 14.4 Å². The molecule has 1 aliphatic carbocycles. The number of thiazole rings is 2. The van der Waals surface area contributed by atoms with E-state index in [1.807, 2.05) is 37.6 Å². The van der Waals surface area contributed by atoms with Gasteiger partial charge in [0, 0.05) is 83.0 Å². The van der Waals surface area contributed by atoms with E-state index in [4.69, 9.17) is 24.2 Å². The number of carbonyl (C=O) groups excluding carboxylic acids is 3. The molecule has 4 aromatic heterocycles. The highest BCUT2D eigenvalue weighted by Crippen LogP contribution is 2.53. The molecular formula is C44H53N7O6S2. The molecule has 2 amide bonds. The van der Waals surface area contributed by atoms with E-state index in [1.165, 1.54) is 27.7 Å². The summed E-state index contributed by atoms with van der Waals surface area (Å²) in [7, 11) is 1.69. The Kier molecular flexibility index (Phi) is 11.8. The molecule has 0 spiro atoms. The van der Waals surface area contributed by atoms with E-state index in [0.29, 0.717) is 37.4 Å². The normalized spacial score (nSPS) is 25.0. The first kappa shape index (κ1) is 41.2. The summed E-state index contributed by atoms with van der Waals surface area (Å²) in [5, 5.41) is 10.2. The van der Waals surface area contributed by atoms with Crippen LogP contribution in [0.2, 0.25) is 0 Å². The molecule has 3 aliphatic rings. The lowest BCUT2D eigenvalue weighted by Gasteiger charge is -2.37. The maximum atomic E-state index is 14.7. The largest absolute Gasteiger partial charge is 0.464 e. The topological polar surface area (TPSA) is 150 Å². The van der Waals surface area contributed by atoms with Crippen molar-refractivity contribution < 1.29 is 28.6 Å². The van der Waals surface area contributed by atoms with Gasteiger partial charge >= 0.3 is 5.97 Å². The number of hydrogen-bond acceptors (Lipinski definition) is 12. The quantitative estimate of drug-likeness (QED) is 0.146. The fourth-order valence-corrected chi connectivity index (χ4v) is 10.4. The van der Waals surface area contributed by atoms with Gasteiger partial charge in [0.1, 0.15) is 23.2 Å². The summed E-state index contributed by atoms with van der Waals surface area (Å²) in [5.41, 5.74) is 12.1. The van der Waals surface area contributed by atoms with Crippen LogP contribution in [-0.2, 0) is 41.6 Å². The highest BCUT2D eigenvalue weighted by molar-refractivity contribution is 7.10. The smallest absolute Gasteiger partial charge is 0.324 e. The molecule has 312 valence electrons. The van der Waals surface area contributed by atoms with Gasteiger partial charge in [-0.2, -0.15) is 0 Å². The Hall–Kier alpha value is -4.54. The lowest BCUT2D eigenvalue weighted by Crippen LogP contribution is -2.61. The maximum Gasteiger partial charge on any atom is 0.324 e. The number of rotatable bonds is 9. The van der Waals surface area contributed by atoms with Crippen molar-refractivity contribution in [1.82, 2.24) is 35.3 Å². The molecule has 59 heavy (non-hydrogen) atoms. The summed E-state index contributed by atoms with van der Waals surface area (Å²) in [4.78, 5) is 57.1. The van der Waals surface area contributed by atoms with Crippen LogP contribution in [0.5, 0.6) is 0 Å². The number of hydrazine groups is 1. The van der Waals surface area contributed by atoms with E-state index in [1.54, 1.807) is 18.8 Å². The minimum atomic E-state index is -1.12. The highest BCUT2D eigenvalue weighted by atomic mass is 32.1. The molecule has 15 heteroatoms. The zero-order valence-corrected chi connectivity index (χ0v) is 36.3. The van der Waals surface area contributed by atoms with Crippen molar-refractivity contribution in [2.24, 2.45) is 17.3 Å². The van der Waals surface area contributed by atoms with E-state index < -0.39 is 35.5 Å². The standard InChI is InChI=1S/C44H53N7O6S2/c1-8-50-33-15-14-26-18-28(33)29(38(50)27-12-10-16-45-36(27)25(4)55-7)19-44(5,6)22-57-43(54)30-13-11-17-51(49-30)42(53)37(39(56-9-2)41-47-31(26)21-59-41)48-40(52)35-24(3)34(35)32-20-58-23-46-32/h10,12,14-16,18,20-21,23-25,30,34-35,37,39,49H,8-9,11,13,17,19,22H2,1-7H3,(H,48,52)/t24-,25-,30-,34-,35+,37-,39-/m0/s1. The fraction of sp³-hybridized carbons (Fsp3) is 0.500. The van der Waals surface area contributed by atoms with Crippen molar-refractivity contribution in [3.05, 3.63) is 74.8 Å². The van der Waals surface area contributed by atoms with Gasteiger partial charge < -0.3 is 24.1 Å². The van der Waals surface area contributed by atoms with Crippen LogP contribution in [0, 0.1) is 17.3 Å². The third-order valence-corrected chi connectivity index (χ3v) is 13.6. The SMILES string of the molecule is CCO[C@@H]1c2nc(cs2)-c2ccc3c(c2)c(c(-c2cccnc2[C@H](C)OC)n3CC)CC(C)(C)COC(=O)[C@@H]2CCCN(N2)C(=O)[C@H]1NC(=O)[C@@H]1[C@@H](C)[C@H]1c1cscn1. The number of aromatic nitrogens is 4. The number of amides is 2. The predicted octanol–water partition coefficient (Wildman–Crippen LogP) is 7.24. The van der Waals surface area contributed by atoms with Gasteiger partial charge in [0.25, 0.3) is 5.91 Å². The number of fused-ring (bicyclic) bond motifs is 6. The summed E-state index contributed by atoms with van der Waals surface area (Å²) < 4.78 is 20.6. The molecule has 1 aromatic carbocycles. The van der Waals surface area contributed by atoms with Crippen LogP contribution in [0.4, 0.5) is 0 Å². The molecule has 6 bridgehead atoms. The van der Waals surface area contributed by atoms with Crippen molar-refractivity contribution in [2.75, 3.05) is 26.9 Å². The van der Waals surface area contributed by atoms with Gasteiger partial charge in [-0.3, -0.25) is 24.4 Å². The van der Waals surface area contributed by atoms with E-state index >= 15 is 0 Å². The molecule has 0 radical (unpaired) electrons. The van der Waals surface area contributed by atoms with Crippen molar-refractivity contribution >= 4 is 51.4 Å². The number of benzene rings is 1. The second-order valence-electron chi connectivity index (χ2n) is 16.6. The monoisotopic (exact) mass is 839 g/mol. The van der Waals surface area contributed by atoms with Crippen LogP contribution in [0.15, 0.2) is 52.8 Å². The highest BCUT2D eigenvalue weighted by Gasteiger charge is 2.54. The first-order valence-corrected chi connectivity index (χ1v) is 22.4. The number of methoxy groups -OCH3 is 1. The van der Waals surface area contributed by atoms with Crippen LogP contribution in [0.3, 0.4) is 0 Å². The second-order valence-corrected chi connectivity index (χ2v) is 18.2. The van der Waals surface area contributed by atoms with Crippen molar-refractivity contribution in [3.8, 4) is 22.5 Å². The number of esters is 1. The number of nitrogens with one attached hydrogen (secondary N) is 2. The molecule has 8 rings (SSSR count). The fourth-order valence-electron chi connectivity index (χ4n) is 8.89. The third-order valence-electron chi connectivity index (χ3n) is 12.1. The lowest BCUT2D eigenvalue weighted by atomic mass is 9.84. The minimum Gasteiger partial charge on any atom is -0.464 e. The van der Waals surface area contributed by atoms with Crippen LogP contribution in [0.1, 0.15) is 94.5 Å². The van der Waals surface area contributed by atoms with Gasteiger partial charge in [-0.1, -0.05) is 26.8 Å². The molecular weight excluding hydrogens is 787 g/mol. The number of carbonyl (C=O) groups is 3. The number of cyclic esters (lactones) is 1. The van der Waals surface area contributed by atoms with Crippen molar-refractivity contribution in [3.63, 3.8) is 0 Å². The van der Waals surface area contributed by atoms with Gasteiger partial charge in [0.2, 0.25) is 5.91 Å². The molecule has 2 aliphatic heterocycles. The molecule has 1 saturated heterocycles. The van der Waals surface area contributed by atoms with Crippen LogP contribution in [-0.4, -0.2) is 81.3 Å². The summed E-state index contributed by atoms with van der Waals surface area (Å²) in [6.07, 6.45) is 2.33. The van der Waals surface area contributed by atoms with Crippen LogP contribution in [0.25, 0.3) is 33.4 Å². The maximum absolute atomic E-state index is 14.7. The number of pyridine rings is 1. The molecule has 13 nitrogen and oxygen atoms in total. The van der Waals surface area contributed by atoms with Gasteiger partial charge in [-0.15, -0.1) is 22.7 Å². The Bertz CT molecular complexity index is 2340. The molecule has 5 aromatic rings. The Morgan fingerprint density at radius 1 is 1.17 bits per heavy atom. The molecule has 1 saturated carbocycles. The van der Waals surface area contributed by atoms with Gasteiger partial charge in [-0.05, 0) is 75.8 Å². The molecule has 7 atom stereocenters. The van der Waals surface area contributed by atoms with Gasteiger partial charge in [-0.25, -0.2) is 15.4 Å². The second kappa shape index (κ2) is 16.8. The summed E-state index contributed by atoms with van der Waals surface area (Å²) >= 11 is 2.90. The van der Waals surface area contributed by atoms with Crippen LogP contribution < -0.4 is 10.7 Å². The lowest BCUT2D eigenvalue weighted by molar-refractivity contribution is -0.156. The summed E-state index contributed by atoms with van der Waals surface area (Å²) in [5.74, 6) is -1.37. The molecule has 6 heterocycles. The Morgan fingerprint density at radius 3 is 2.75 bits per heavy atom. The predicted molar refractivity (Wildman–Crippen MR) is 227 cm³/mol. The first-order chi connectivity index (χ1) is 28.4. The third kappa shape index (κ3) is 7.95. The first-order valence-electron chi connectivity index (χ1n) is 20.6.